The summed E-state index contributed by atoms with van der Waals surface area (Å²) in [4.78, 5) is 10.2. The molecule has 0 amide bonds. The standard InChI is InChI=1S/C16H14N4O4S2/c1-10-3-6-12(7-4-10)15-17-18-16(25-15)19-26(23,24)13-8-5-11(2)14(9-13)20(21)22/h3-9H,1-2H3,(H,18,19). The summed E-state index contributed by atoms with van der Waals surface area (Å²) < 4.78 is 27.3. The van der Waals surface area contributed by atoms with E-state index in [1.54, 1.807) is 6.92 Å². The summed E-state index contributed by atoms with van der Waals surface area (Å²) in [7, 11) is -4.01. The van der Waals surface area contributed by atoms with Gasteiger partial charge in [0.15, 0.2) is 0 Å². The lowest BCUT2D eigenvalue weighted by Crippen LogP contribution is -2.13. The molecule has 10 heteroatoms. The van der Waals surface area contributed by atoms with Crippen LogP contribution in [0.1, 0.15) is 11.1 Å². The van der Waals surface area contributed by atoms with E-state index in [1.165, 1.54) is 12.1 Å². The second-order valence-electron chi connectivity index (χ2n) is 5.59. The Morgan fingerprint density at radius 1 is 1.08 bits per heavy atom. The van der Waals surface area contributed by atoms with Gasteiger partial charge in [0.2, 0.25) is 5.13 Å². The van der Waals surface area contributed by atoms with Gasteiger partial charge in [0.05, 0.1) is 9.82 Å². The monoisotopic (exact) mass is 390 g/mol. The van der Waals surface area contributed by atoms with Crippen molar-refractivity contribution in [1.29, 1.82) is 0 Å². The van der Waals surface area contributed by atoms with E-state index in [0.29, 0.717) is 10.6 Å². The van der Waals surface area contributed by atoms with Crippen molar-refractivity contribution >= 4 is 32.2 Å². The molecule has 0 fully saturated rings. The van der Waals surface area contributed by atoms with E-state index in [0.717, 1.165) is 28.5 Å². The van der Waals surface area contributed by atoms with Crippen molar-refractivity contribution in [2.45, 2.75) is 18.7 Å². The van der Waals surface area contributed by atoms with E-state index in [9.17, 15) is 18.5 Å². The van der Waals surface area contributed by atoms with Crippen molar-refractivity contribution in [2.75, 3.05) is 4.72 Å². The highest BCUT2D eigenvalue weighted by Gasteiger charge is 2.21. The molecular weight excluding hydrogens is 376 g/mol. The molecule has 2 aromatic carbocycles. The number of anilines is 1. The number of nitro groups is 1. The van der Waals surface area contributed by atoms with Crippen molar-refractivity contribution in [3.8, 4) is 10.6 Å². The van der Waals surface area contributed by atoms with E-state index in [1.807, 2.05) is 31.2 Å². The molecule has 0 aliphatic rings. The van der Waals surface area contributed by atoms with Crippen LogP contribution in [0.4, 0.5) is 10.8 Å². The molecule has 0 bridgehead atoms. The van der Waals surface area contributed by atoms with E-state index in [4.69, 9.17) is 0 Å². The van der Waals surface area contributed by atoms with Crippen LogP contribution in [0.3, 0.4) is 0 Å². The molecule has 0 atom stereocenters. The Morgan fingerprint density at radius 3 is 2.42 bits per heavy atom. The van der Waals surface area contributed by atoms with Crippen molar-refractivity contribution in [3.05, 3.63) is 63.7 Å². The molecule has 0 saturated carbocycles. The summed E-state index contributed by atoms with van der Waals surface area (Å²) in [5, 5.41) is 19.5. The zero-order valence-electron chi connectivity index (χ0n) is 13.8. The van der Waals surface area contributed by atoms with Gasteiger partial charge in [-0.05, 0) is 19.9 Å². The topological polar surface area (TPSA) is 115 Å². The maximum atomic E-state index is 12.5. The smallest absolute Gasteiger partial charge is 0.258 e. The fourth-order valence-electron chi connectivity index (χ4n) is 2.20. The Hall–Kier alpha value is -2.85. The van der Waals surface area contributed by atoms with Gasteiger partial charge in [0, 0.05) is 17.2 Å². The lowest BCUT2D eigenvalue weighted by Gasteiger charge is -2.05. The molecule has 1 N–H and O–H groups in total. The zero-order valence-corrected chi connectivity index (χ0v) is 15.5. The van der Waals surface area contributed by atoms with Crippen LogP contribution >= 0.6 is 11.3 Å². The highest BCUT2D eigenvalue weighted by molar-refractivity contribution is 7.93. The van der Waals surface area contributed by atoms with Crippen LogP contribution in [0.15, 0.2) is 47.4 Å². The quantitative estimate of drug-likeness (QED) is 0.526. The largest absolute Gasteiger partial charge is 0.273 e. The predicted molar refractivity (Wildman–Crippen MR) is 98.7 cm³/mol. The maximum absolute atomic E-state index is 12.5. The molecule has 3 aromatic rings. The number of hydrogen-bond acceptors (Lipinski definition) is 7. The van der Waals surface area contributed by atoms with Crippen molar-refractivity contribution in [1.82, 2.24) is 10.2 Å². The average Bonchev–Trinajstić information content (AvgIpc) is 3.03. The Balaban J connectivity index is 1.88. The molecule has 0 spiro atoms. The molecule has 3 rings (SSSR count). The summed E-state index contributed by atoms with van der Waals surface area (Å²) in [6, 6.07) is 11.3. The van der Waals surface area contributed by atoms with Crippen LogP contribution in [0.2, 0.25) is 0 Å². The number of aryl methyl sites for hydroxylation is 2. The van der Waals surface area contributed by atoms with Crippen LogP contribution in [0.25, 0.3) is 10.6 Å². The molecular formula is C16H14N4O4S2. The second-order valence-corrected chi connectivity index (χ2v) is 8.25. The number of hydrogen-bond donors (Lipinski definition) is 1. The number of benzene rings is 2. The molecule has 0 unspecified atom stereocenters. The number of sulfonamides is 1. The molecule has 1 aromatic heterocycles. The minimum absolute atomic E-state index is 0.0869. The minimum atomic E-state index is -4.01. The van der Waals surface area contributed by atoms with Crippen molar-refractivity contribution < 1.29 is 13.3 Å². The number of aromatic nitrogens is 2. The third-order valence-electron chi connectivity index (χ3n) is 3.63. The fourth-order valence-corrected chi connectivity index (χ4v) is 4.20. The third-order valence-corrected chi connectivity index (χ3v) is 5.99. The van der Waals surface area contributed by atoms with Gasteiger partial charge in [-0.1, -0.05) is 47.2 Å². The van der Waals surface area contributed by atoms with Gasteiger partial charge in [0.1, 0.15) is 5.01 Å². The number of nitrogens with zero attached hydrogens (tertiary/aromatic N) is 3. The van der Waals surface area contributed by atoms with Gasteiger partial charge in [-0.2, -0.15) is 0 Å². The molecule has 8 nitrogen and oxygen atoms in total. The van der Waals surface area contributed by atoms with Gasteiger partial charge in [-0.15, -0.1) is 10.2 Å². The minimum Gasteiger partial charge on any atom is -0.258 e. The van der Waals surface area contributed by atoms with Crippen LogP contribution in [-0.2, 0) is 10.0 Å². The number of nitrogens with one attached hydrogen (secondary N) is 1. The summed E-state index contributed by atoms with van der Waals surface area (Å²) >= 11 is 1.08. The first-order valence-corrected chi connectivity index (χ1v) is 9.74. The van der Waals surface area contributed by atoms with Gasteiger partial charge in [0.25, 0.3) is 15.7 Å². The maximum Gasteiger partial charge on any atom is 0.273 e. The normalized spacial score (nSPS) is 11.3. The van der Waals surface area contributed by atoms with Crippen LogP contribution < -0.4 is 4.72 Å². The van der Waals surface area contributed by atoms with Crippen LogP contribution in [0, 0.1) is 24.0 Å². The Bertz CT molecular complexity index is 1080. The molecule has 26 heavy (non-hydrogen) atoms. The molecule has 0 aliphatic heterocycles. The summed E-state index contributed by atoms with van der Waals surface area (Å²) in [6.07, 6.45) is 0. The highest BCUT2D eigenvalue weighted by Crippen LogP contribution is 2.29. The molecule has 134 valence electrons. The second kappa shape index (κ2) is 6.81. The van der Waals surface area contributed by atoms with Crippen molar-refractivity contribution in [2.24, 2.45) is 0 Å². The van der Waals surface area contributed by atoms with Crippen LogP contribution in [-0.4, -0.2) is 23.5 Å². The first-order chi connectivity index (χ1) is 12.3. The third kappa shape index (κ3) is 3.70. The summed E-state index contributed by atoms with van der Waals surface area (Å²) in [5.74, 6) is 0. The number of rotatable bonds is 5. The summed E-state index contributed by atoms with van der Waals surface area (Å²) in [5.41, 5.74) is 2.04. The van der Waals surface area contributed by atoms with E-state index >= 15 is 0 Å². The fraction of sp³-hybridized carbons (Fsp3) is 0.125. The zero-order chi connectivity index (χ0) is 18.9. The van der Waals surface area contributed by atoms with E-state index in [-0.39, 0.29) is 15.7 Å². The Labute approximate surface area is 153 Å². The van der Waals surface area contributed by atoms with Crippen molar-refractivity contribution in [3.63, 3.8) is 0 Å². The molecule has 0 aliphatic carbocycles. The lowest BCUT2D eigenvalue weighted by atomic mass is 10.2. The average molecular weight is 390 g/mol. The van der Waals surface area contributed by atoms with Crippen LogP contribution in [0.5, 0.6) is 0 Å². The Morgan fingerprint density at radius 2 is 1.77 bits per heavy atom. The SMILES string of the molecule is Cc1ccc(-c2nnc(NS(=O)(=O)c3ccc(C)c([N+](=O)[O-])c3)s2)cc1. The first kappa shape index (κ1) is 18.0. The number of nitro benzene ring substituents is 1. The van der Waals surface area contributed by atoms with Gasteiger partial charge >= 0.3 is 0 Å². The highest BCUT2D eigenvalue weighted by atomic mass is 32.2. The van der Waals surface area contributed by atoms with E-state index in [2.05, 4.69) is 14.9 Å². The van der Waals surface area contributed by atoms with Gasteiger partial charge in [-0.25, -0.2) is 8.42 Å². The lowest BCUT2D eigenvalue weighted by molar-refractivity contribution is -0.385. The van der Waals surface area contributed by atoms with E-state index < -0.39 is 14.9 Å². The summed E-state index contributed by atoms with van der Waals surface area (Å²) in [6.45, 7) is 3.50. The molecule has 0 saturated heterocycles. The van der Waals surface area contributed by atoms with Gasteiger partial charge in [-0.3, -0.25) is 14.8 Å². The molecule has 0 radical (unpaired) electrons. The first-order valence-electron chi connectivity index (χ1n) is 7.45. The Kier molecular flexibility index (Phi) is 4.70. The molecule has 1 heterocycles. The predicted octanol–water partition coefficient (Wildman–Crippen LogP) is 3.53. The van der Waals surface area contributed by atoms with Gasteiger partial charge < -0.3 is 0 Å².